The summed E-state index contributed by atoms with van der Waals surface area (Å²) in [4.78, 5) is 12.7. The lowest BCUT2D eigenvalue weighted by Gasteiger charge is -2.22. The van der Waals surface area contributed by atoms with E-state index >= 15 is 0 Å². The molecule has 2 rings (SSSR count). The van der Waals surface area contributed by atoms with Gasteiger partial charge in [0.15, 0.2) is 0 Å². The summed E-state index contributed by atoms with van der Waals surface area (Å²) in [6.45, 7) is 2.98. The Kier molecular flexibility index (Phi) is 4.61. The molecule has 1 fully saturated rings. The molecule has 1 N–H and O–H groups in total. The van der Waals surface area contributed by atoms with Crippen LogP contribution in [0.2, 0.25) is 0 Å². The van der Waals surface area contributed by atoms with Crippen LogP contribution in [-0.4, -0.2) is 23.0 Å². The summed E-state index contributed by atoms with van der Waals surface area (Å²) in [5, 5.41) is 3.03. The molecule has 1 saturated heterocycles. The third kappa shape index (κ3) is 3.49. The minimum Gasteiger partial charge on any atom is -0.350 e. The fourth-order valence-corrected chi connectivity index (χ4v) is 4.99. The molecule has 0 aromatic carbocycles. The Labute approximate surface area is 126 Å². The largest absolute Gasteiger partial charge is 0.350 e. The van der Waals surface area contributed by atoms with Gasteiger partial charge in [0.25, 0.3) is 5.91 Å². The molecule has 0 spiro atoms. The first-order chi connectivity index (χ1) is 8.00. The van der Waals surface area contributed by atoms with Crippen molar-refractivity contribution in [3.05, 3.63) is 19.2 Å². The first kappa shape index (κ1) is 13.9. The molecule has 0 bridgehead atoms. The van der Waals surface area contributed by atoms with Crippen molar-refractivity contribution in [3.63, 3.8) is 0 Å². The molecule has 94 valence electrons. The molecule has 1 aromatic rings. The molecular formula is C11H13Br2NOS2. The number of nitrogens with one attached hydrogen (secondary N) is 1. The summed E-state index contributed by atoms with van der Waals surface area (Å²) in [7, 11) is 0. The second kappa shape index (κ2) is 5.63. The minimum atomic E-state index is 0.0233. The maximum Gasteiger partial charge on any atom is 0.261 e. The van der Waals surface area contributed by atoms with Gasteiger partial charge in [-0.05, 0) is 63.4 Å². The van der Waals surface area contributed by atoms with E-state index < -0.39 is 0 Å². The number of carbonyl (C=O) groups excluding carboxylic acids is 1. The van der Waals surface area contributed by atoms with Crippen molar-refractivity contribution < 1.29 is 4.79 Å². The number of halogens is 2. The summed E-state index contributed by atoms with van der Waals surface area (Å²) in [6, 6.07) is 1.86. The van der Waals surface area contributed by atoms with Gasteiger partial charge in [-0.3, -0.25) is 4.79 Å². The fourth-order valence-electron chi connectivity index (χ4n) is 1.79. The average molecular weight is 399 g/mol. The molecule has 1 aromatic heterocycles. The maximum atomic E-state index is 12.0. The first-order valence-electron chi connectivity index (χ1n) is 5.37. The molecule has 17 heavy (non-hydrogen) atoms. The van der Waals surface area contributed by atoms with E-state index in [0.29, 0.717) is 0 Å². The van der Waals surface area contributed by atoms with Crippen LogP contribution in [0.15, 0.2) is 14.3 Å². The molecular weight excluding hydrogens is 386 g/mol. The van der Waals surface area contributed by atoms with Crippen molar-refractivity contribution in [3.8, 4) is 0 Å². The molecule has 1 aliphatic rings. The smallest absolute Gasteiger partial charge is 0.261 e. The summed E-state index contributed by atoms with van der Waals surface area (Å²) in [5.41, 5.74) is 0. The van der Waals surface area contributed by atoms with E-state index in [-0.39, 0.29) is 10.7 Å². The predicted octanol–water partition coefficient (Wildman–Crippen LogP) is 4.29. The van der Waals surface area contributed by atoms with Crippen LogP contribution in [0.4, 0.5) is 0 Å². The van der Waals surface area contributed by atoms with Crippen molar-refractivity contribution in [1.29, 1.82) is 0 Å². The van der Waals surface area contributed by atoms with Crippen molar-refractivity contribution in [2.75, 3.05) is 12.3 Å². The fraction of sp³-hybridized carbons (Fsp3) is 0.545. The third-order valence-corrected chi connectivity index (χ3v) is 7.59. The Hall–Kier alpha value is 0.480. The van der Waals surface area contributed by atoms with E-state index in [0.717, 1.165) is 19.7 Å². The highest BCUT2D eigenvalue weighted by atomic mass is 79.9. The van der Waals surface area contributed by atoms with E-state index in [1.54, 1.807) is 0 Å². The monoisotopic (exact) mass is 397 g/mol. The van der Waals surface area contributed by atoms with Crippen LogP contribution in [-0.2, 0) is 0 Å². The lowest BCUT2D eigenvalue weighted by atomic mass is 10.1. The number of rotatable bonds is 3. The molecule has 1 aliphatic heterocycles. The SMILES string of the molecule is CC1(CNC(=O)c2cc(Br)c(Br)s2)CCCS1. The van der Waals surface area contributed by atoms with E-state index in [2.05, 4.69) is 44.1 Å². The zero-order valence-corrected chi connectivity index (χ0v) is 14.2. The van der Waals surface area contributed by atoms with Gasteiger partial charge in [0.05, 0.1) is 8.66 Å². The van der Waals surface area contributed by atoms with Gasteiger partial charge in [-0.1, -0.05) is 0 Å². The molecule has 1 unspecified atom stereocenters. The molecule has 2 heterocycles. The molecule has 1 amide bonds. The second-order valence-corrected chi connectivity index (χ2v) is 9.22. The van der Waals surface area contributed by atoms with Gasteiger partial charge in [0.1, 0.15) is 0 Å². The average Bonchev–Trinajstić information content (AvgIpc) is 2.85. The quantitative estimate of drug-likeness (QED) is 0.822. The number of amides is 1. The van der Waals surface area contributed by atoms with Gasteiger partial charge in [-0.25, -0.2) is 0 Å². The molecule has 1 atom stereocenters. The van der Waals surface area contributed by atoms with Crippen molar-refractivity contribution in [2.24, 2.45) is 0 Å². The molecule has 6 heteroatoms. The van der Waals surface area contributed by atoms with Gasteiger partial charge in [-0.15, -0.1) is 11.3 Å². The van der Waals surface area contributed by atoms with Crippen molar-refractivity contribution >= 4 is 60.9 Å². The Morgan fingerprint density at radius 2 is 2.35 bits per heavy atom. The van der Waals surface area contributed by atoms with Crippen LogP contribution < -0.4 is 5.32 Å². The third-order valence-electron chi connectivity index (χ3n) is 2.79. The Morgan fingerprint density at radius 1 is 1.59 bits per heavy atom. The highest BCUT2D eigenvalue weighted by Crippen LogP contribution is 2.37. The lowest BCUT2D eigenvalue weighted by Crippen LogP contribution is -2.36. The minimum absolute atomic E-state index is 0.0233. The summed E-state index contributed by atoms with van der Waals surface area (Å²) in [6.07, 6.45) is 2.45. The maximum absolute atomic E-state index is 12.0. The van der Waals surface area contributed by atoms with Gasteiger partial charge >= 0.3 is 0 Å². The number of thioether (sulfide) groups is 1. The van der Waals surface area contributed by atoms with Crippen molar-refractivity contribution in [1.82, 2.24) is 5.32 Å². The predicted molar refractivity (Wildman–Crippen MR) is 82.1 cm³/mol. The van der Waals surface area contributed by atoms with E-state index in [1.807, 2.05) is 17.8 Å². The standard InChI is InChI=1S/C11H13Br2NOS2/c1-11(3-2-4-16-11)6-14-10(15)8-5-7(12)9(13)17-8/h5H,2-4,6H2,1H3,(H,14,15). The highest BCUT2D eigenvalue weighted by Gasteiger charge is 2.30. The molecule has 0 radical (unpaired) electrons. The summed E-state index contributed by atoms with van der Waals surface area (Å²) < 4.78 is 2.12. The topological polar surface area (TPSA) is 29.1 Å². The number of hydrogen-bond acceptors (Lipinski definition) is 3. The lowest BCUT2D eigenvalue weighted by molar-refractivity contribution is 0.0954. The zero-order valence-electron chi connectivity index (χ0n) is 9.39. The first-order valence-corrected chi connectivity index (χ1v) is 8.76. The Balaban J connectivity index is 1.93. The van der Waals surface area contributed by atoms with Crippen LogP contribution in [0, 0.1) is 0 Å². The van der Waals surface area contributed by atoms with Crippen molar-refractivity contribution in [2.45, 2.75) is 24.5 Å². The Morgan fingerprint density at radius 3 is 2.88 bits per heavy atom. The van der Waals surface area contributed by atoms with Crippen LogP contribution in [0.1, 0.15) is 29.4 Å². The normalized spacial score (nSPS) is 23.9. The van der Waals surface area contributed by atoms with Gasteiger partial charge in [-0.2, -0.15) is 11.8 Å². The van der Waals surface area contributed by atoms with E-state index in [4.69, 9.17) is 0 Å². The highest BCUT2D eigenvalue weighted by molar-refractivity contribution is 9.13. The van der Waals surface area contributed by atoms with Gasteiger partial charge in [0, 0.05) is 15.8 Å². The van der Waals surface area contributed by atoms with Crippen LogP contribution in [0.5, 0.6) is 0 Å². The molecule has 0 aliphatic carbocycles. The Bertz CT molecular complexity index is 408. The number of carbonyl (C=O) groups is 1. The van der Waals surface area contributed by atoms with E-state index in [9.17, 15) is 4.79 Å². The summed E-state index contributed by atoms with van der Waals surface area (Å²) in [5.74, 6) is 1.23. The molecule has 2 nitrogen and oxygen atoms in total. The van der Waals surface area contributed by atoms with Gasteiger partial charge < -0.3 is 5.32 Å². The van der Waals surface area contributed by atoms with Crippen LogP contribution >= 0.6 is 55.0 Å². The molecule has 0 saturated carbocycles. The second-order valence-electron chi connectivity index (χ2n) is 4.32. The number of thiophene rings is 1. The van der Waals surface area contributed by atoms with Crippen LogP contribution in [0.25, 0.3) is 0 Å². The summed E-state index contributed by atoms with van der Waals surface area (Å²) >= 11 is 10.2. The number of hydrogen-bond donors (Lipinski definition) is 1. The van der Waals surface area contributed by atoms with Gasteiger partial charge in [0.2, 0.25) is 0 Å². The zero-order chi connectivity index (χ0) is 12.5. The van der Waals surface area contributed by atoms with E-state index in [1.165, 1.54) is 29.9 Å². The van der Waals surface area contributed by atoms with Crippen LogP contribution in [0.3, 0.4) is 0 Å².